The standard InChI is InChI=1S/C17H34/c1-5-7-9-11-16-13-17(12-10-8-6-2)15(4)14(16)3/h14-17H,5-13H2,1-4H3. The molecular formula is C17H34. The first-order valence-corrected chi connectivity index (χ1v) is 8.20. The van der Waals surface area contributed by atoms with E-state index in [4.69, 9.17) is 0 Å². The van der Waals surface area contributed by atoms with E-state index in [0.717, 1.165) is 23.7 Å². The summed E-state index contributed by atoms with van der Waals surface area (Å²) in [6.07, 6.45) is 13.1. The van der Waals surface area contributed by atoms with Crippen molar-refractivity contribution in [3.05, 3.63) is 0 Å². The Bertz CT molecular complexity index is 164. The lowest BCUT2D eigenvalue weighted by Gasteiger charge is -2.19. The molecule has 0 aromatic heterocycles. The van der Waals surface area contributed by atoms with Crippen LogP contribution >= 0.6 is 0 Å². The zero-order chi connectivity index (χ0) is 12.7. The van der Waals surface area contributed by atoms with E-state index in [9.17, 15) is 0 Å². The lowest BCUT2D eigenvalue weighted by atomic mass is 9.87. The summed E-state index contributed by atoms with van der Waals surface area (Å²) < 4.78 is 0. The summed E-state index contributed by atoms with van der Waals surface area (Å²) in [5.41, 5.74) is 0. The highest BCUT2D eigenvalue weighted by molar-refractivity contribution is 4.86. The molecule has 1 saturated carbocycles. The van der Waals surface area contributed by atoms with Gasteiger partial charge in [-0.05, 0) is 30.1 Å². The number of hydrogen-bond donors (Lipinski definition) is 0. The Morgan fingerprint density at radius 3 is 1.47 bits per heavy atom. The van der Waals surface area contributed by atoms with E-state index in [1.165, 1.54) is 57.8 Å². The highest BCUT2D eigenvalue weighted by Gasteiger charge is 2.36. The van der Waals surface area contributed by atoms with Crippen LogP contribution in [0.5, 0.6) is 0 Å². The Morgan fingerprint density at radius 2 is 1.12 bits per heavy atom. The molecule has 0 spiro atoms. The maximum Gasteiger partial charge on any atom is -0.0383 e. The van der Waals surface area contributed by atoms with Crippen LogP contribution in [0.1, 0.15) is 85.5 Å². The molecule has 0 heterocycles. The van der Waals surface area contributed by atoms with E-state index < -0.39 is 0 Å². The summed E-state index contributed by atoms with van der Waals surface area (Å²) in [4.78, 5) is 0. The lowest BCUT2D eigenvalue weighted by molar-refractivity contribution is 0.307. The molecule has 1 aliphatic rings. The summed E-state index contributed by atoms with van der Waals surface area (Å²) in [5, 5.41) is 0. The molecular weight excluding hydrogens is 204 g/mol. The van der Waals surface area contributed by atoms with Crippen LogP contribution in [-0.4, -0.2) is 0 Å². The van der Waals surface area contributed by atoms with Gasteiger partial charge >= 0.3 is 0 Å². The van der Waals surface area contributed by atoms with Gasteiger partial charge in [0.05, 0.1) is 0 Å². The van der Waals surface area contributed by atoms with E-state index in [-0.39, 0.29) is 0 Å². The predicted octanol–water partition coefficient (Wildman–Crippen LogP) is 6.06. The largest absolute Gasteiger partial charge is 0.0654 e. The molecule has 0 nitrogen and oxygen atoms in total. The van der Waals surface area contributed by atoms with Crippen molar-refractivity contribution in [2.75, 3.05) is 0 Å². The zero-order valence-electron chi connectivity index (χ0n) is 12.7. The molecule has 0 aliphatic heterocycles. The molecule has 0 aromatic carbocycles. The molecule has 4 unspecified atom stereocenters. The van der Waals surface area contributed by atoms with Crippen molar-refractivity contribution in [3.63, 3.8) is 0 Å². The molecule has 1 fully saturated rings. The SMILES string of the molecule is CCCCCC1CC(CCCCC)C(C)C1C. The van der Waals surface area contributed by atoms with Gasteiger partial charge in [0.15, 0.2) is 0 Å². The van der Waals surface area contributed by atoms with Crippen LogP contribution in [0.2, 0.25) is 0 Å². The second-order valence-electron chi connectivity index (χ2n) is 6.47. The molecule has 0 aromatic rings. The normalized spacial score (nSPS) is 33.2. The molecule has 0 amide bonds. The Balaban J connectivity index is 2.29. The number of unbranched alkanes of at least 4 members (excludes halogenated alkanes) is 4. The summed E-state index contributed by atoms with van der Waals surface area (Å²) in [6, 6.07) is 0. The molecule has 0 bridgehead atoms. The summed E-state index contributed by atoms with van der Waals surface area (Å²) >= 11 is 0. The van der Waals surface area contributed by atoms with Gasteiger partial charge in [-0.1, -0.05) is 79.1 Å². The third-order valence-electron chi connectivity index (χ3n) is 5.28. The Morgan fingerprint density at radius 1 is 0.706 bits per heavy atom. The second-order valence-corrected chi connectivity index (χ2v) is 6.47. The first-order chi connectivity index (χ1) is 8.20. The molecule has 0 N–H and O–H groups in total. The Hall–Kier alpha value is 0. The Kier molecular flexibility index (Phi) is 7.23. The average Bonchev–Trinajstić information content (AvgIpc) is 2.59. The van der Waals surface area contributed by atoms with Gasteiger partial charge in [0.25, 0.3) is 0 Å². The van der Waals surface area contributed by atoms with Crippen molar-refractivity contribution >= 4 is 0 Å². The fourth-order valence-electron chi connectivity index (χ4n) is 3.75. The summed E-state index contributed by atoms with van der Waals surface area (Å²) in [6.45, 7) is 9.66. The van der Waals surface area contributed by atoms with Crippen molar-refractivity contribution in [2.45, 2.75) is 85.5 Å². The van der Waals surface area contributed by atoms with Crippen LogP contribution in [0.4, 0.5) is 0 Å². The molecule has 102 valence electrons. The topological polar surface area (TPSA) is 0 Å². The van der Waals surface area contributed by atoms with Crippen molar-refractivity contribution in [3.8, 4) is 0 Å². The third kappa shape index (κ3) is 4.64. The maximum atomic E-state index is 2.51. The van der Waals surface area contributed by atoms with Gasteiger partial charge in [-0.15, -0.1) is 0 Å². The van der Waals surface area contributed by atoms with Crippen molar-refractivity contribution in [1.82, 2.24) is 0 Å². The maximum absolute atomic E-state index is 2.51. The molecule has 1 rings (SSSR count). The molecule has 1 aliphatic carbocycles. The first kappa shape index (κ1) is 15.1. The van der Waals surface area contributed by atoms with Crippen LogP contribution in [0, 0.1) is 23.7 Å². The lowest BCUT2D eigenvalue weighted by Crippen LogP contribution is -2.11. The minimum absolute atomic E-state index is 0.985. The van der Waals surface area contributed by atoms with E-state index in [0.29, 0.717) is 0 Å². The van der Waals surface area contributed by atoms with E-state index in [1.54, 1.807) is 0 Å². The van der Waals surface area contributed by atoms with E-state index in [1.807, 2.05) is 0 Å². The van der Waals surface area contributed by atoms with Crippen molar-refractivity contribution < 1.29 is 0 Å². The number of hydrogen-bond acceptors (Lipinski definition) is 0. The fourth-order valence-corrected chi connectivity index (χ4v) is 3.75. The summed E-state index contributed by atoms with van der Waals surface area (Å²) in [7, 11) is 0. The highest BCUT2D eigenvalue weighted by Crippen LogP contribution is 2.45. The van der Waals surface area contributed by atoms with Gasteiger partial charge in [0, 0.05) is 0 Å². The Labute approximate surface area is 110 Å². The average molecular weight is 238 g/mol. The molecule has 17 heavy (non-hydrogen) atoms. The minimum Gasteiger partial charge on any atom is -0.0654 e. The number of rotatable bonds is 8. The highest BCUT2D eigenvalue weighted by atomic mass is 14.4. The van der Waals surface area contributed by atoms with Crippen LogP contribution in [0.25, 0.3) is 0 Å². The monoisotopic (exact) mass is 238 g/mol. The van der Waals surface area contributed by atoms with Crippen LogP contribution in [0.3, 0.4) is 0 Å². The zero-order valence-corrected chi connectivity index (χ0v) is 12.7. The van der Waals surface area contributed by atoms with Crippen molar-refractivity contribution in [1.29, 1.82) is 0 Å². The second kappa shape index (κ2) is 8.16. The first-order valence-electron chi connectivity index (χ1n) is 8.20. The van der Waals surface area contributed by atoms with Gasteiger partial charge in [0.1, 0.15) is 0 Å². The molecule has 0 saturated heterocycles. The smallest absolute Gasteiger partial charge is 0.0383 e. The molecule has 0 heteroatoms. The van der Waals surface area contributed by atoms with Gasteiger partial charge in [0.2, 0.25) is 0 Å². The van der Waals surface area contributed by atoms with E-state index >= 15 is 0 Å². The third-order valence-corrected chi connectivity index (χ3v) is 5.28. The quantitative estimate of drug-likeness (QED) is 0.451. The predicted molar refractivity (Wildman–Crippen MR) is 78.2 cm³/mol. The van der Waals surface area contributed by atoms with Crippen LogP contribution < -0.4 is 0 Å². The molecule has 0 radical (unpaired) electrons. The van der Waals surface area contributed by atoms with Gasteiger partial charge in [-0.3, -0.25) is 0 Å². The minimum atomic E-state index is 0.985. The van der Waals surface area contributed by atoms with Gasteiger partial charge < -0.3 is 0 Å². The van der Waals surface area contributed by atoms with Gasteiger partial charge in [-0.2, -0.15) is 0 Å². The van der Waals surface area contributed by atoms with Crippen molar-refractivity contribution in [2.24, 2.45) is 23.7 Å². The summed E-state index contributed by atoms with van der Waals surface area (Å²) in [5.74, 6) is 4.06. The fraction of sp³-hybridized carbons (Fsp3) is 1.00. The van der Waals surface area contributed by atoms with Crippen LogP contribution in [0.15, 0.2) is 0 Å². The van der Waals surface area contributed by atoms with Crippen LogP contribution in [-0.2, 0) is 0 Å². The van der Waals surface area contributed by atoms with Gasteiger partial charge in [-0.25, -0.2) is 0 Å². The van der Waals surface area contributed by atoms with E-state index in [2.05, 4.69) is 27.7 Å². The molecule has 4 atom stereocenters.